The number of nitriles is 1. The van der Waals surface area contributed by atoms with E-state index in [1.54, 1.807) is 31.2 Å². The fraction of sp³-hybridized carbons (Fsp3) is 0.273. The van der Waals surface area contributed by atoms with Crippen molar-refractivity contribution in [2.24, 2.45) is 10.2 Å². The van der Waals surface area contributed by atoms with Gasteiger partial charge in [-0.15, -0.1) is 0 Å². The lowest BCUT2D eigenvalue weighted by Gasteiger charge is -2.15. The first kappa shape index (κ1) is 11.9. The summed E-state index contributed by atoms with van der Waals surface area (Å²) >= 11 is 0. The summed E-state index contributed by atoms with van der Waals surface area (Å²) in [6, 6.07) is 8.21. The molecule has 0 saturated heterocycles. The molecule has 1 N–H and O–H groups in total. The molecule has 0 aromatic heterocycles. The highest BCUT2D eigenvalue weighted by atomic mass is 16.4. The van der Waals surface area contributed by atoms with Gasteiger partial charge in [0.15, 0.2) is 0 Å². The number of hydrogen-bond donors (Lipinski definition) is 1. The topological polar surface area (TPSA) is 85.8 Å². The summed E-state index contributed by atoms with van der Waals surface area (Å²) in [5.41, 5.74) is 0.652. The lowest BCUT2D eigenvalue weighted by molar-refractivity contribution is -0.139. The van der Waals surface area contributed by atoms with E-state index in [0.717, 1.165) is 0 Å². The molecule has 0 aliphatic carbocycles. The van der Waals surface area contributed by atoms with Gasteiger partial charge in [-0.2, -0.15) is 10.4 Å². The quantitative estimate of drug-likeness (QED) is 0.619. The summed E-state index contributed by atoms with van der Waals surface area (Å²) in [4.78, 5) is 11.1. The number of hydrogen-bond acceptors (Lipinski definition) is 4. The standard InChI is InChI=1S/C11H11N3O2/c1-8(14-13-7-12)10(11(15)16)9-5-3-2-4-6-9/h2-6,8,10H,1H3,(H,15,16). The van der Waals surface area contributed by atoms with Crippen LogP contribution in [0.5, 0.6) is 0 Å². The molecule has 1 rings (SSSR count). The van der Waals surface area contributed by atoms with Crippen molar-refractivity contribution >= 4 is 5.97 Å². The molecule has 82 valence electrons. The Balaban J connectivity index is 2.97. The lowest BCUT2D eigenvalue weighted by Crippen LogP contribution is -2.21. The molecular weight excluding hydrogens is 206 g/mol. The molecule has 2 atom stereocenters. The van der Waals surface area contributed by atoms with Crippen LogP contribution in [-0.4, -0.2) is 17.1 Å². The van der Waals surface area contributed by atoms with Crippen molar-refractivity contribution in [2.45, 2.75) is 18.9 Å². The summed E-state index contributed by atoms with van der Waals surface area (Å²) in [6.07, 6.45) is 1.51. The smallest absolute Gasteiger partial charge is 0.313 e. The molecule has 0 saturated carbocycles. The largest absolute Gasteiger partial charge is 0.481 e. The summed E-state index contributed by atoms with van der Waals surface area (Å²) in [5.74, 6) is -1.76. The van der Waals surface area contributed by atoms with E-state index in [0.29, 0.717) is 5.56 Å². The number of aliphatic carboxylic acids is 1. The summed E-state index contributed by atoms with van der Waals surface area (Å²) in [6.45, 7) is 1.62. The number of azo groups is 1. The SMILES string of the molecule is CC(N=NC#N)C(C(=O)O)c1ccccc1. The predicted molar refractivity (Wildman–Crippen MR) is 56.7 cm³/mol. The highest BCUT2D eigenvalue weighted by Crippen LogP contribution is 2.22. The Hall–Kier alpha value is -2.22. The van der Waals surface area contributed by atoms with Crippen LogP contribution in [0.2, 0.25) is 0 Å². The number of carbonyl (C=O) groups is 1. The number of carboxylic acids is 1. The van der Waals surface area contributed by atoms with Gasteiger partial charge in [0.25, 0.3) is 0 Å². The van der Waals surface area contributed by atoms with Crippen molar-refractivity contribution in [1.82, 2.24) is 0 Å². The van der Waals surface area contributed by atoms with Crippen molar-refractivity contribution in [2.75, 3.05) is 0 Å². The molecule has 16 heavy (non-hydrogen) atoms. The molecule has 0 bridgehead atoms. The normalized spacial score (nSPS) is 14.2. The second-order valence-electron chi connectivity index (χ2n) is 3.28. The summed E-state index contributed by atoms with van der Waals surface area (Å²) < 4.78 is 0. The zero-order valence-corrected chi connectivity index (χ0v) is 8.74. The van der Waals surface area contributed by atoms with Crippen LogP contribution in [0.25, 0.3) is 0 Å². The molecule has 0 aliphatic rings. The molecule has 2 unspecified atom stereocenters. The Kier molecular flexibility index (Phi) is 4.16. The van der Waals surface area contributed by atoms with E-state index in [9.17, 15) is 4.79 Å². The van der Waals surface area contributed by atoms with Gasteiger partial charge in [-0.3, -0.25) is 4.79 Å². The van der Waals surface area contributed by atoms with E-state index in [1.165, 1.54) is 6.19 Å². The molecule has 0 amide bonds. The Morgan fingerprint density at radius 2 is 2.06 bits per heavy atom. The summed E-state index contributed by atoms with van der Waals surface area (Å²) in [7, 11) is 0. The molecule has 1 aromatic carbocycles. The average Bonchev–Trinajstić information content (AvgIpc) is 2.27. The Bertz CT molecular complexity index is 423. The third-order valence-electron chi connectivity index (χ3n) is 2.19. The van der Waals surface area contributed by atoms with Crippen molar-refractivity contribution in [3.63, 3.8) is 0 Å². The maximum Gasteiger partial charge on any atom is 0.313 e. The van der Waals surface area contributed by atoms with Gasteiger partial charge in [-0.1, -0.05) is 35.4 Å². The fourth-order valence-electron chi connectivity index (χ4n) is 1.47. The first-order chi connectivity index (χ1) is 7.66. The first-order valence-electron chi connectivity index (χ1n) is 4.73. The highest BCUT2D eigenvalue weighted by Gasteiger charge is 2.26. The molecule has 0 radical (unpaired) electrons. The van der Waals surface area contributed by atoms with Crippen molar-refractivity contribution in [3.8, 4) is 6.19 Å². The maximum atomic E-state index is 11.1. The number of nitrogens with zero attached hydrogens (tertiary/aromatic N) is 3. The van der Waals surface area contributed by atoms with Gasteiger partial charge in [0.1, 0.15) is 5.92 Å². The Labute approximate surface area is 93.1 Å². The number of carboxylic acid groups (broad SMARTS) is 1. The van der Waals surface area contributed by atoms with E-state index in [4.69, 9.17) is 10.4 Å². The zero-order chi connectivity index (χ0) is 12.0. The van der Waals surface area contributed by atoms with E-state index in [1.807, 2.05) is 6.07 Å². The zero-order valence-electron chi connectivity index (χ0n) is 8.74. The van der Waals surface area contributed by atoms with Crippen molar-refractivity contribution in [1.29, 1.82) is 5.26 Å². The molecule has 5 nitrogen and oxygen atoms in total. The maximum absolute atomic E-state index is 11.1. The van der Waals surface area contributed by atoms with Crippen LogP contribution in [0.1, 0.15) is 18.4 Å². The molecular formula is C11H11N3O2. The van der Waals surface area contributed by atoms with Crippen LogP contribution >= 0.6 is 0 Å². The molecule has 5 heteroatoms. The third kappa shape index (κ3) is 2.89. The van der Waals surface area contributed by atoms with E-state index in [-0.39, 0.29) is 0 Å². The van der Waals surface area contributed by atoms with Gasteiger partial charge in [0, 0.05) is 0 Å². The van der Waals surface area contributed by atoms with Crippen molar-refractivity contribution < 1.29 is 9.90 Å². The second-order valence-corrected chi connectivity index (χ2v) is 3.28. The summed E-state index contributed by atoms with van der Waals surface area (Å²) in [5, 5.41) is 24.2. The van der Waals surface area contributed by atoms with Crippen LogP contribution < -0.4 is 0 Å². The van der Waals surface area contributed by atoms with Gasteiger partial charge in [0.05, 0.1) is 6.04 Å². The molecule has 0 heterocycles. The van der Waals surface area contributed by atoms with Crippen LogP contribution in [-0.2, 0) is 4.79 Å². The van der Waals surface area contributed by atoms with E-state index < -0.39 is 17.9 Å². The minimum Gasteiger partial charge on any atom is -0.481 e. The minimum absolute atomic E-state index is 0.570. The van der Waals surface area contributed by atoms with E-state index >= 15 is 0 Å². The van der Waals surface area contributed by atoms with Gasteiger partial charge >= 0.3 is 5.97 Å². The van der Waals surface area contributed by atoms with Crippen LogP contribution in [0.3, 0.4) is 0 Å². The number of rotatable bonds is 4. The molecule has 1 aromatic rings. The Morgan fingerprint density at radius 3 is 2.56 bits per heavy atom. The minimum atomic E-state index is -0.976. The Morgan fingerprint density at radius 1 is 1.44 bits per heavy atom. The van der Waals surface area contributed by atoms with Crippen LogP contribution in [0, 0.1) is 11.5 Å². The molecule has 0 fully saturated rings. The monoisotopic (exact) mass is 217 g/mol. The predicted octanol–water partition coefficient (Wildman–Crippen LogP) is 2.18. The van der Waals surface area contributed by atoms with E-state index in [2.05, 4.69) is 10.2 Å². The average molecular weight is 217 g/mol. The van der Waals surface area contributed by atoms with Crippen LogP contribution in [0.15, 0.2) is 40.6 Å². The van der Waals surface area contributed by atoms with Gasteiger partial charge in [-0.25, -0.2) is 0 Å². The van der Waals surface area contributed by atoms with Gasteiger partial charge in [0.2, 0.25) is 6.19 Å². The van der Waals surface area contributed by atoms with Gasteiger partial charge < -0.3 is 5.11 Å². The highest BCUT2D eigenvalue weighted by molar-refractivity contribution is 5.77. The van der Waals surface area contributed by atoms with Crippen molar-refractivity contribution in [3.05, 3.63) is 35.9 Å². The van der Waals surface area contributed by atoms with Gasteiger partial charge in [-0.05, 0) is 12.5 Å². The third-order valence-corrected chi connectivity index (χ3v) is 2.19. The van der Waals surface area contributed by atoms with Crippen LogP contribution in [0.4, 0.5) is 0 Å². The number of benzene rings is 1. The second kappa shape index (κ2) is 5.61. The first-order valence-corrected chi connectivity index (χ1v) is 4.73. The lowest BCUT2D eigenvalue weighted by atomic mass is 9.93. The molecule has 0 aliphatic heterocycles. The molecule has 0 spiro atoms. The fourth-order valence-corrected chi connectivity index (χ4v) is 1.47.